The largest absolute Gasteiger partial charge is 0.476 e. The van der Waals surface area contributed by atoms with Gasteiger partial charge in [-0.05, 0) is 43.5 Å². The second-order valence-electron chi connectivity index (χ2n) is 4.08. The highest BCUT2D eigenvalue weighted by Crippen LogP contribution is 2.25. The SMILES string of the molecule is CCC(C#N)Oc1cc(C)c(S(N)(=O)=O)c(C)c1. The van der Waals surface area contributed by atoms with Crippen molar-refractivity contribution in [2.24, 2.45) is 5.14 Å². The van der Waals surface area contributed by atoms with Crippen molar-refractivity contribution in [2.75, 3.05) is 0 Å². The van der Waals surface area contributed by atoms with Crippen LogP contribution in [0.4, 0.5) is 0 Å². The fourth-order valence-corrected chi connectivity index (χ4v) is 2.81. The molecule has 98 valence electrons. The Labute approximate surface area is 107 Å². The van der Waals surface area contributed by atoms with E-state index < -0.39 is 16.1 Å². The standard InChI is InChI=1S/C12H16N2O3S/c1-4-10(7-13)17-11-5-8(2)12(9(3)6-11)18(14,15)16/h5-6,10H,4H2,1-3H3,(H2,14,15,16). The van der Waals surface area contributed by atoms with E-state index in [2.05, 4.69) is 0 Å². The van der Waals surface area contributed by atoms with E-state index in [1.54, 1.807) is 26.0 Å². The van der Waals surface area contributed by atoms with Gasteiger partial charge < -0.3 is 4.74 Å². The molecule has 0 bridgehead atoms. The fourth-order valence-electron chi connectivity index (χ4n) is 1.79. The Morgan fingerprint density at radius 3 is 2.22 bits per heavy atom. The minimum Gasteiger partial charge on any atom is -0.476 e. The van der Waals surface area contributed by atoms with Crippen LogP contribution in [0.5, 0.6) is 5.75 Å². The number of nitrogens with zero attached hydrogens (tertiary/aromatic N) is 1. The Morgan fingerprint density at radius 2 is 1.89 bits per heavy atom. The molecule has 1 rings (SSSR count). The van der Waals surface area contributed by atoms with Crippen molar-refractivity contribution in [3.8, 4) is 11.8 Å². The smallest absolute Gasteiger partial charge is 0.238 e. The average molecular weight is 268 g/mol. The minimum atomic E-state index is -3.74. The summed E-state index contributed by atoms with van der Waals surface area (Å²) in [4.78, 5) is 0.111. The Kier molecular flexibility index (Phi) is 4.33. The zero-order chi connectivity index (χ0) is 13.9. The molecule has 0 aliphatic heterocycles. The van der Waals surface area contributed by atoms with Crippen molar-refractivity contribution in [2.45, 2.75) is 38.2 Å². The van der Waals surface area contributed by atoms with Crippen molar-refractivity contribution in [1.82, 2.24) is 0 Å². The molecule has 0 aliphatic rings. The highest BCUT2D eigenvalue weighted by molar-refractivity contribution is 7.89. The number of nitrogens with two attached hydrogens (primary N) is 1. The first-order valence-corrected chi connectivity index (χ1v) is 7.04. The van der Waals surface area contributed by atoms with Crippen molar-refractivity contribution < 1.29 is 13.2 Å². The van der Waals surface area contributed by atoms with Crippen LogP contribution < -0.4 is 9.88 Å². The molecule has 0 saturated heterocycles. The maximum atomic E-state index is 11.4. The van der Waals surface area contributed by atoms with Gasteiger partial charge >= 0.3 is 0 Å². The number of hydrogen-bond acceptors (Lipinski definition) is 4. The lowest BCUT2D eigenvalue weighted by Gasteiger charge is -2.14. The first kappa shape index (κ1) is 14.5. The molecule has 0 radical (unpaired) electrons. The molecule has 0 aromatic heterocycles. The first-order valence-electron chi connectivity index (χ1n) is 5.50. The summed E-state index contributed by atoms with van der Waals surface area (Å²) in [5.74, 6) is 0.478. The third-order valence-corrected chi connectivity index (χ3v) is 3.72. The van der Waals surface area contributed by atoms with Crippen LogP contribution in [0.25, 0.3) is 0 Å². The lowest BCUT2D eigenvalue weighted by Crippen LogP contribution is -2.16. The molecule has 0 heterocycles. The van der Waals surface area contributed by atoms with Crippen molar-refractivity contribution >= 4 is 10.0 Å². The van der Waals surface area contributed by atoms with E-state index in [0.717, 1.165) is 0 Å². The van der Waals surface area contributed by atoms with E-state index in [9.17, 15) is 8.42 Å². The summed E-state index contributed by atoms with van der Waals surface area (Å²) in [7, 11) is -3.74. The summed E-state index contributed by atoms with van der Waals surface area (Å²) < 4.78 is 28.3. The maximum absolute atomic E-state index is 11.4. The predicted molar refractivity (Wildman–Crippen MR) is 67.6 cm³/mol. The molecule has 18 heavy (non-hydrogen) atoms. The molecule has 0 saturated carbocycles. The van der Waals surface area contributed by atoms with Crippen LogP contribution in [-0.2, 0) is 10.0 Å². The zero-order valence-corrected chi connectivity index (χ0v) is 11.4. The van der Waals surface area contributed by atoms with Gasteiger partial charge in [0.1, 0.15) is 11.8 Å². The maximum Gasteiger partial charge on any atom is 0.238 e. The Hall–Kier alpha value is -1.58. The van der Waals surface area contributed by atoms with Crippen LogP contribution in [0.2, 0.25) is 0 Å². The van der Waals surface area contributed by atoms with Crippen LogP contribution >= 0.6 is 0 Å². The zero-order valence-electron chi connectivity index (χ0n) is 10.6. The first-order chi connectivity index (χ1) is 8.29. The highest BCUT2D eigenvalue weighted by Gasteiger charge is 2.17. The Balaban J connectivity index is 3.20. The molecular weight excluding hydrogens is 252 g/mol. The van der Waals surface area contributed by atoms with Gasteiger partial charge in [-0.1, -0.05) is 6.92 Å². The number of primary sulfonamides is 1. The van der Waals surface area contributed by atoms with Crippen molar-refractivity contribution in [1.29, 1.82) is 5.26 Å². The molecule has 0 amide bonds. The van der Waals surface area contributed by atoms with Gasteiger partial charge in [0.2, 0.25) is 10.0 Å². The van der Waals surface area contributed by atoms with E-state index >= 15 is 0 Å². The lowest BCUT2D eigenvalue weighted by molar-refractivity contribution is 0.251. The Bertz CT molecular complexity index is 565. The summed E-state index contributed by atoms with van der Waals surface area (Å²) in [5, 5.41) is 14.0. The number of hydrogen-bond donors (Lipinski definition) is 1. The van der Waals surface area contributed by atoms with Gasteiger partial charge in [-0.3, -0.25) is 0 Å². The molecule has 1 aromatic carbocycles. The highest BCUT2D eigenvalue weighted by atomic mass is 32.2. The quantitative estimate of drug-likeness (QED) is 0.898. The molecule has 6 heteroatoms. The van der Waals surface area contributed by atoms with Gasteiger partial charge in [0.15, 0.2) is 6.10 Å². The van der Waals surface area contributed by atoms with Crippen LogP contribution in [0, 0.1) is 25.2 Å². The third-order valence-electron chi connectivity index (χ3n) is 2.51. The van der Waals surface area contributed by atoms with E-state index in [-0.39, 0.29) is 4.90 Å². The molecule has 5 nitrogen and oxygen atoms in total. The number of rotatable bonds is 4. The van der Waals surface area contributed by atoms with Crippen LogP contribution in [0.15, 0.2) is 17.0 Å². The molecule has 0 aliphatic carbocycles. The lowest BCUT2D eigenvalue weighted by atomic mass is 10.1. The number of aryl methyl sites for hydroxylation is 2. The number of sulfonamides is 1. The van der Waals surface area contributed by atoms with Crippen LogP contribution in [0.1, 0.15) is 24.5 Å². The van der Waals surface area contributed by atoms with Gasteiger partial charge in [-0.2, -0.15) is 5.26 Å². The van der Waals surface area contributed by atoms with Crippen molar-refractivity contribution in [3.05, 3.63) is 23.3 Å². The van der Waals surface area contributed by atoms with Crippen molar-refractivity contribution in [3.63, 3.8) is 0 Å². The summed E-state index contributed by atoms with van der Waals surface area (Å²) in [6, 6.07) is 5.17. The van der Waals surface area contributed by atoms with E-state index in [0.29, 0.717) is 23.3 Å². The van der Waals surface area contributed by atoms with Gasteiger partial charge in [0, 0.05) is 0 Å². The summed E-state index contributed by atoms with van der Waals surface area (Å²) in [6.45, 7) is 5.13. The molecule has 0 spiro atoms. The molecule has 0 fully saturated rings. The normalized spacial score (nSPS) is 12.8. The molecule has 1 unspecified atom stereocenters. The molecule has 1 atom stereocenters. The number of nitriles is 1. The van der Waals surface area contributed by atoms with Gasteiger partial charge in [-0.15, -0.1) is 0 Å². The van der Waals surface area contributed by atoms with Gasteiger partial charge in [-0.25, -0.2) is 13.6 Å². The fraction of sp³-hybridized carbons (Fsp3) is 0.417. The van der Waals surface area contributed by atoms with Gasteiger partial charge in [0.05, 0.1) is 4.90 Å². The summed E-state index contributed by atoms with van der Waals surface area (Å²) >= 11 is 0. The average Bonchev–Trinajstić information content (AvgIpc) is 2.22. The topological polar surface area (TPSA) is 93.2 Å². The number of benzene rings is 1. The Morgan fingerprint density at radius 1 is 1.39 bits per heavy atom. The minimum absolute atomic E-state index is 0.111. The van der Waals surface area contributed by atoms with E-state index in [4.69, 9.17) is 15.1 Å². The third kappa shape index (κ3) is 3.22. The molecule has 1 aromatic rings. The van der Waals surface area contributed by atoms with E-state index in [1.165, 1.54) is 0 Å². The van der Waals surface area contributed by atoms with Gasteiger partial charge in [0.25, 0.3) is 0 Å². The molecular formula is C12H16N2O3S. The number of ether oxygens (including phenoxy) is 1. The molecule has 2 N–H and O–H groups in total. The monoisotopic (exact) mass is 268 g/mol. The second kappa shape index (κ2) is 5.38. The summed E-state index contributed by atoms with van der Waals surface area (Å²) in [5.41, 5.74) is 1.03. The van der Waals surface area contributed by atoms with Crippen LogP contribution in [0.3, 0.4) is 0 Å². The summed E-state index contributed by atoms with van der Waals surface area (Å²) in [6.07, 6.45) is 0.0232. The second-order valence-corrected chi connectivity index (χ2v) is 5.57. The van der Waals surface area contributed by atoms with E-state index in [1.807, 2.05) is 13.0 Å². The predicted octanol–water partition coefficient (Wildman–Crippen LogP) is 1.63. The van der Waals surface area contributed by atoms with Crippen LogP contribution in [-0.4, -0.2) is 14.5 Å².